The first-order chi connectivity index (χ1) is 42.8. The zero-order valence-electron chi connectivity index (χ0n) is 58.7. The van der Waals surface area contributed by atoms with Gasteiger partial charge < -0.3 is 104 Å². The van der Waals surface area contributed by atoms with E-state index in [2.05, 4.69) is 211 Å². The first-order valence-electron chi connectivity index (χ1n) is 27.4. The topological polar surface area (TPSA) is 462 Å². The van der Waals surface area contributed by atoms with Gasteiger partial charge in [-0.25, -0.2) is 19.9 Å². The Hall–Kier alpha value is -6.08. The van der Waals surface area contributed by atoms with Crippen LogP contribution >= 0.6 is 31.2 Å². The number of hydrogen-bond donors (Lipinski definition) is 0. The van der Waals surface area contributed by atoms with Gasteiger partial charge in [0.2, 0.25) is 0 Å². The first kappa shape index (κ1) is 130. The molecular formula is C56H92F24N12O12P4Pd2. The number of fused-ring (bicyclic) bond motifs is 4. The maximum Gasteiger partial charge on any atom is 2.00 e. The summed E-state index contributed by atoms with van der Waals surface area (Å²) < 4.78 is 245. The van der Waals surface area contributed by atoms with E-state index in [9.17, 15) is 101 Å². The molecule has 0 atom stereocenters. The zero-order valence-corrected chi connectivity index (χ0v) is 65.4. The molecule has 0 aliphatic carbocycles. The van der Waals surface area contributed by atoms with Crippen LogP contribution in [-0.4, -0.2) is 206 Å². The van der Waals surface area contributed by atoms with Crippen molar-refractivity contribution in [2.75, 3.05) is 82.6 Å². The number of likely N-dealkylation sites (N-methyl/N-ethyl adjacent to an activating group) is 4. The number of benzene rings is 6. The third kappa shape index (κ3) is 67.6. The van der Waals surface area contributed by atoms with Crippen molar-refractivity contribution >= 4 is 74.3 Å². The molecule has 4 aromatic heterocycles. The molecule has 0 aliphatic heterocycles. The van der Waals surface area contributed by atoms with Crippen LogP contribution in [0, 0.1) is 0 Å². The van der Waals surface area contributed by atoms with Gasteiger partial charge in [0.1, 0.15) is 0 Å². The SMILES string of the molecule is CN(C)CCN(C)C.CN(C)CCN(C)C.F[P-](F)(F)(F)(F)F.F[P-](F)(F)(F)(F)F.F[P-](F)(F)(F)(F)F.F[P-](F)(F)(F)(F)F.O.O.O.O.O.O.O.O.O.O.O.O.[Pd+2].[Pd+2].c1ccc2c(Cn3ccnc3)c3ccccc3c(Cn3ccnc3)c2c1.c1ccc2c(Cn3ccnc3)c3ccccc3c(Cn3ccnc3)c2c1. The predicted octanol–water partition coefficient (Wildman–Crippen LogP) is 12.8. The third-order valence-electron chi connectivity index (χ3n) is 11.9. The largest absolute Gasteiger partial charge is 2.00 e. The van der Waals surface area contributed by atoms with Crippen molar-refractivity contribution in [3.8, 4) is 0 Å². The molecule has 0 saturated heterocycles. The number of hydrogen-bond acceptors (Lipinski definition) is 8. The summed E-state index contributed by atoms with van der Waals surface area (Å²) in [7, 11) is -25.9. The molecule has 10 aromatic rings. The predicted molar refractivity (Wildman–Crippen MR) is 380 cm³/mol. The molecule has 110 heavy (non-hydrogen) atoms. The zero-order chi connectivity index (χ0) is 73.5. The Morgan fingerprint density at radius 1 is 0.236 bits per heavy atom. The van der Waals surface area contributed by atoms with Crippen LogP contribution in [0.25, 0.3) is 43.1 Å². The summed E-state index contributed by atoms with van der Waals surface area (Å²) in [6, 6.07) is 34.8. The fourth-order valence-electron chi connectivity index (χ4n) is 8.35. The van der Waals surface area contributed by atoms with Gasteiger partial charge in [-0.05, 0) is 122 Å². The summed E-state index contributed by atoms with van der Waals surface area (Å²) in [4.78, 5) is 25.5. The van der Waals surface area contributed by atoms with E-state index in [-0.39, 0.29) is 107 Å². The van der Waals surface area contributed by atoms with Gasteiger partial charge in [0.05, 0.1) is 25.3 Å². The second-order valence-electron chi connectivity index (χ2n) is 22.1. The molecule has 24 nitrogen and oxygen atoms in total. The van der Waals surface area contributed by atoms with Crippen molar-refractivity contribution in [1.82, 2.24) is 57.8 Å². The van der Waals surface area contributed by atoms with Crippen LogP contribution in [0.3, 0.4) is 0 Å². The van der Waals surface area contributed by atoms with Crippen LogP contribution in [0.2, 0.25) is 0 Å². The number of nitrogens with zero attached hydrogens (tertiary/aromatic N) is 12. The minimum Gasteiger partial charge on any atom is -0.412 e. The summed E-state index contributed by atoms with van der Waals surface area (Å²) in [5.74, 6) is 0. The third-order valence-corrected chi connectivity index (χ3v) is 11.9. The van der Waals surface area contributed by atoms with E-state index in [1.165, 1.54) is 65.3 Å². The molecule has 0 fully saturated rings. The normalized spacial score (nSPS) is 12.9. The van der Waals surface area contributed by atoms with Gasteiger partial charge in [-0.2, -0.15) is 0 Å². The van der Waals surface area contributed by atoms with E-state index >= 15 is 0 Å². The van der Waals surface area contributed by atoms with Gasteiger partial charge >= 0.3 is 173 Å². The smallest absolute Gasteiger partial charge is 0.412 e. The van der Waals surface area contributed by atoms with Crippen molar-refractivity contribution in [2.24, 2.45) is 0 Å². The summed E-state index contributed by atoms with van der Waals surface area (Å²) >= 11 is 0. The molecule has 4 heterocycles. The molecule has 0 radical (unpaired) electrons. The Kier molecular flexibility index (Phi) is 53.5. The maximum absolute atomic E-state index is 10.7. The van der Waals surface area contributed by atoms with Gasteiger partial charge in [-0.15, -0.1) is 0 Å². The van der Waals surface area contributed by atoms with E-state index in [4.69, 9.17) is 0 Å². The average Bonchev–Trinajstić information content (AvgIpc) is 0.903. The van der Waals surface area contributed by atoms with E-state index in [0.29, 0.717) is 0 Å². The molecule has 6 aromatic carbocycles. The Balaban J connectivity index is -0.000000106. The number of halogens is 24. The van der Waals surface area contributed by atoms with Crippen molar-refractivity contribution < 1.29 is 207 Å². The Bertz CT molecular complexity index is 3430. The monoisotopic (exact) mass is 1920 g/mol. The van der Waals surface area contributed by atoms with Crippen molar-refractivity contribution in [3.63, 3.8) is 0 Å². The van der Waals surface area contributed by atoms with Crippen molar-refractivity contribution in [3.05, 3.63) is 194 Å². The van der Waals surface area contributed by atoms with Gasteiger partial charge in [0.15, 0.2) is 0 Å². The second-order valence-corrected chi connectivity index (χ2v) is 29.7. The van der Waals surface area contributed by atoms with Crippen LogP contribution in [0.4, 0.5) is 101 Å². The van der Waals surface area contributed by atoms with Crippen LogP contribution in [-0.2, 0) is 67.0 Å². The van der Waals surface area contributed by atoms with Crippen LogP contribution in [0.5, 0.6) is 0 Å². The molecule has 0 saturated carbocycles. The second kappa shape index (κ2) is 45.1. The van der Waals surface area contributed by atoms with Crippen molar-refractivity contribution in [1.29, 1.82) is 0 Å². The fourth-order valence-corrected chi connectivity index (χ4v) is 8.35. The molecular weight excluding hydrogens is 1830 g/mol. The minimum absolute atomic E-state index is 0. The first-order valence-corrected chi connectivity index (χ1v) is 35.5. The molecule has 54 heteroatoms. The minimum atomic E-state index is -10.7. The average molecular weight is 1920 g/mol. The quantitative estimate of drug-likeness (QED) is 0.0434. The Labute approximate surface area is 639 Å². The summed E-state index contributed by atoms with van der Waals surface area (Å²) in [6.45, 7) is 7.83. The van der Waals surface area contributed by atoms with Crippen molar-refractivity contribution in [2.45, 2.75) is 26.2 Å². The summed E-state index contributed by atoms with van der Waals surface area (Å²) in [5.41, 5.74) is 5.35. The molecule has 0 bridgehead atoms. The van der Waals surface area contributed by atoms with Crippen LogP contribution < -0.4 is 0 Å². The van der Waals surface area contributed by atoms with Crippen LogP contribution in [0.15, 0.2) is 172 Å². The molecule has 0 amide bonds. The molecule has 0 aliphatic rings. The van der Waals surface area contributed by atoms with E-state index in [1.807, 2.05) is 74.9 Å². The van der Waals surface area contributed by atoms with Gasteiger partial charge in [-0.3, -0.25) is 0 Å². The van der Waals surface area contributed by atoms with E-state index < -0.39 is 31.2 Å². The number of aromatic nitrogens is 8. The van der Waals surface area contributed by atoms with Gasteiger partial charge in [-0.1, -0.05) is 97.1 Å². The van der Waals surface area contributed by atoms with E-state index in [1.54, 1.807) is 0 Å². The van der Waals surface area contributed by atoms with Crippen LogP contribution in [0.1, 0.15) is 22.3 Å². The Morgan fingerprint density at radius 2 is 0.345 bits per heavy atom. The molecule has 24 N–H and O–H groups in total. The number of imidazole rings is 4. The maximum atomic E-state index is 9.87. The van der Waals surface area contributed by atoms with E-state index in [0.717, 1.165) is 52.4 Å². The molecule has 0 unspecified atom stereocenters. The van der Waals surface area contributed by atoms with Gasteiger partial charge in [0.25, 0.3) is 0 Å². The standard InChI is InChI=1S/2C22H18N4.2C6H16N2.4F6P.12H2O.2Pd/c2*1-2-6-18-17(5-1)21(13-25-11-9-23-15-25)19-7-3-4-8-20(19)22(18)14-26-12-10-24-16-26;2*1-7(2)5-6-8(3)4;4*1-7(2,3,4,5)6;;;;;;;;;;;;;;/h2*1-12,15-16H,13-14H2;2*5-6H2,1-4H3;;;;;12*1H2;;/q;;;;4*-1;;;;;;;;;;;;;2*+2. The number of rotatable bonds is 14. The summed E-state index contributed by atoms with van der Waals surface area (Å²) in [5, 5.41) is 10.4. The fraction of sp³-hybridized carbons (Fsp3) is 0.286. The molecule has 10 rings (SSSR count). The molecule has 0 spiro atoms. The summed E-state index contributed by atoms with van der Waals surface area (Å²) in [6.07, 6.45) is 22.9. The van der Waals surface area contributed by atoms with Gasteiger partial charge in [0, 0.05) is 102 Å². The molecule has 656 valence electrons. The Morgan fingerprint density at radius 3 is 0.427 bits per heavy atom.